The van der Waals surface area contributed by atoms with Crippen LogP contribution >= 0.6 is 11.8 Å². The maximum atomic E-state index is 12.0. The third-order valence-electron chi connectivity index (χ3n) is 7.25. The molecule has 23 heteroatoms. The molecule has 1 unspecified atom stereocenters. The lowest BCUT2D eigenvalue weighted by Gasteiger charge is -2.21. The van der Waals surface area contributed by atoms with Crippen LogP contribution in [0.25, 0.3) is 11.3 Å². The molecule has 3 atom stereocenters. The van der Waals surface area contributed by atoms with Crippen molar-refractivity contribution in [2.45, 2.75) is 101 Å². The Balaban J connectivity index is 0.000000296. The minimum absolute atomic E-state index is 0.0249. The van der Waals surface area contributed by atoms with Gasteiger partial charge < -0.3 is 31.6 Å². The number of hydrogen-bond acceptors (Lipinski definition) is 18. The van der Waals surface area contributed by atoms with Crippen molar-refractivity contribution < 1.29 is 33.1 Å². The fraction of sp³-hybridized carbons (Fsp3) is 0.562. The van der Waals surface area contributed by atoms with Crippen LogP contribution in [0, 0.1) is 20.2 Å². The van der Waals surface area contributed by atoms with Gasteiger partial charge in [-0.05, 0) is 60.6 Å². The third-order valence-corrected chi connectivity index (χ3v) is 8.83. The lowest BCUT2D eigenvalue weighted by molar-refractivity contribution is -0.383. The quantitative estimate of drug-likeness (QED) is 0.0414. The maximum Gasteiger partial charge on any atom is 0.333 e. The van der Waals surface area contributed by atoms with Crippen LogP contribution in [0.4, 0.5) is 23.0 Å². The minimum atomic E-state index is -1.46. The molecule has 4 rings (SSSR count). The highest BCUT2D eigenvalue weighted by Crippen LogP contribution is 2.27. The molecular weight excluding hydrogens is 761 g/mol. The highest BCUT2D eigenvalue weighted by atomic mass is 32.2. The van der Waals surface area contributed by atoms with E-state index >= 15 is 0 Å². The van der Waals surface area contributed by atoms with Gasteiger partial charge >= 0.3 is 23.3 Å². The molecule has 4 heterocycles. The number of aromatic nitrogens is 6. The van der Waals surface area contributed by atoms with Crippen molar-refractivity contribution in [1.82, 2.24) is 29.2 Å². The molecule has 302 valence electrons. The lowest BCUT2D eigenvalue weighted by atomic mass is 10.1. The first-order valence-corrected chi connectivity index (χ1v) is 19.7. The Hall–Kier alpha value is -5.00. The summed E-state index contributed by atoms with van der Waals surface area (Å²) in [6, 6.07) is 2.67. The average molecular weight is 809 g/mol. The molecule has 0 aliphatic carbocycles. The summed E-state index contributed by atoms with van der Waals surface area (Å²) in [5, 5.41) is 37.4. The highest BCUT2D eigenvalue weighted by molar-refractivity contribution is 7.98. The van der Waals surface area contributed by atoms with Crippen LogP contribution in [-0.2, 0) is 29.9 Å². The van der Waals surface area contributed by atoms with Crippen molar-refractivity contribution in [3.8, 4) is 0 Å². The van der Waals surface area contributed by atoms with E-state index in [0.717, 1.165) is 6.20 Å². The van der Waals surface area contributed by atoms with E-state index in [-0.39, 0.29) is 83.5 Å². The largest absolute Gasteiger partial charge is 0.460 e. The Kier molecular flexibility index (Phi) is 15.4. The molecule has 0 amide bonds. The topological polar surface area (TPSA) is 292 Å². The van der Waals surface area contributed by atoms with Crippen LogP contribution in [0.1, 0.15) is 67.2 Å². The third kappa shape index (κ3) is 13.1. The number of hydrogen-bond donors (Lipinski definition) is 4. The highest BCUT2D eigenvalue weighted by Gasteiger charge is 2.24. The first-order valence-electron chi connectivity index (χ1n) is 17.0. The molecule has 0 aliphatic heterocycles. The van der Waals surface area contributed by atoms with Gasteiger partial charge in [0, 0.05) is 56.4 Å². The van der Waals surface area contributed by atoms with E-state index in [2.05, 4.69) is 30.8 Å². The van der Waals surface area contributed by atoms with Crippen LogP contribution in [0.2, 0.25) is 0 Å². The second-order valence-corrected chi connectivity index (χ2v) is 16.2. The monoisotopic (exact) mass is 808 g/mol. The summed E-state index contributed by atoms with van der Waals surface area (Å²) in [7, 11) is -1.46. The average Bonchev–Trinajstić information content (AvgIpc) is 3.71. The van der Waals surface area contributed by atoms with E-state index in [9.17, 15) is 34.0 Å². The molecule has 0 saturated carbocycles. The fourth-order valence-electron chi connectivity index (χ4n) is 4.89. The van der Waals surface area contributed by atoms with Crippen molar-refractivity contribution >= 4 is 68.8 Å². The SMILES string of the molecule is CS(=O)c1cc(N[C@H](CN)CCC(=O)OC(C)(C)C)nc2c([N+](=O)[O-])cnn12.CSc1cc(N[C@H](CN)CCC(=O)OC(C)(C)C)nc2c([N+](=O)[O-])cnn12. The smallest absolute Gasteiger partial charge is 0.333 e. The van der Waals surface area contributed by atoms with E-state index < -0.39 is 31.8 Å². The van der Waals surface area contributed by atoms with Crippen molar-refractivity contribution in [3.05, 3.63) is 44.8 Å². The zero-order chi connectivity index (χ0) is 41.2. The normalized spacial score (nSPS) is 13.3. The number of nitrogens with two attached hydrogens (primary N) is 2. The fourth-order valence-corrected chi connectivity index (χ4v) is 6.08. The Morgan fingerprint density at radius 1 is 0.836 bits per heavy atom. The van der Waals surface area contributed by atoms with Crippen molar-refractivity contribution in [1.29, 1.82) is 0 Å². The van der Waals surface area contributed by atoms with Gasteiger partial charge in [-0.1, -0.05) is 0 Å². The number of anilines is 2. The summed E-state index contributed by atoms with van der Waals surface area (Å²) in [5.41, 5.74) is 10.1. The molecule has 0 aliphatic rings. The molecular formula is C32H48N12O9S2. The molecule has 4 aromatic rings. The van der Waals surface area contributed by atoms with Gasteiger partial charge in [-0.2, -0.15) is 14.7 Å². The number of nitrogens with one attached hydrogen (secondary N) is 2. The van der Waals surface area contributed by atoms with Gasteiger partial charge in [0.2, 0.25) is 11.3 Å². The van der Waals surface area contributed by atoms with Crippen LogP contribution in [0.15, 0.2) is 34.6 Å². The molecule has 0 spiro atoms. The molecule has 0 bridgehead atoms. The summed E-state index contributed by atoms with van der Waals surface area (Å²) >= 11 is 1.39. The molecule has 21 nitrogen and oxygen atoms in total. The molecule has 6 N–H and O–H groups in total. The number of rotatable bonds is 16. The maximum absolute atomic E-state index is 12.0. The van der Waals surface area contributed by atoms with E-state index in [1.54, 1.807) is 26.8 Å². The molecule has 55 heavy (non-hydrogen) atoms. The van der Waals surface area contributed by atoms with E-state index in [4.69, 9.17) is 20.9 Å². The van der Waals surface area contributed by atoms with Crippen LogP contribution < -0.4 is 22.1 Å². The second kappa shape index (κ2) is 19.0. The van der Waals surface area contributed by atoms with E-state index in [1.807, 2.05) is 27.0 Å². The number of thioether (sulfide) groups is 1. The zero-order valence-electron chi connectivity index (χ0n) is 31.9. The number of nitrogens with zero attached hydrogens (tertiary/aromatic N) is 8. The first kappa shape index (κ1) is 44.4. The Bertz CT molecular complexity index is 2020. The second-order valence-electron chi connectivity index (χ2n) is 14.1. The number of carbonyl (C=O) groups excluding carboxylic acids is 2. The van der Waals surface area contributed by atoms with Crippen molar-refractivity contribution in [3.63, 3.8) is 0 Å². The number of fused-ring (bicyclic) bond motifs is 2. The number of nitro groups is 2. The predicted octanol–water partition coefficient (Wildman–Crippen LogP) is 3.46. The summed E-state index contributed by atoms with van der Waals surface area (Å²) < 4.78 is 25.2. The van der Waals surface area contributed by atoms with E-state index in [0.29, 0.717) is 23.7 Å². The molecule has 4 aromatic heterocycles. The molecule has 0 aromatic carbocycles. The Labute approximate surface area is 323 Å². The zero-order valence-corrected chi connectivity index (χ0v) is 33.6. The van der Waals surface area contributed by atoms with Crippen molar-refractivity contribution in [2.24, 2.45) is 11.5 Å². The summed E-state index contributed by atoms with van der Waals surface area (Å²) in [5.74, 6) is 0.0522. The van der Waals surface area contributed by atoms with Gasteiger partial charge in [0.15, 0.2) is 0 Å². The van der Waals surface area contributed by atoms with Gasteiger partial charge in [0.05, 0.1) is 20.6 Å². The Morgan fingerprint density at radius 2 is 1.25 bits per heavy atom. The predicted molar refractivity (Wildman–Crippen MR) is 206 cm³/mol. The first-order chi connectivity index (χ1) is 25.7. The molecule has 0 saturated heterocycles. The molecule has 0 fully saturated rings. The molecule has 0 radical (unpaired) electrons. The van der Waals surface area contributed by atoms with Crippen LogP contribution in [0.3, 0.4) is 0 Å². The van der Waals surface area contributed by atoms with Gasteiger partial charge in [0.1, 0.15) is 45.3 Å². The summed E-state index contributed by atoms with van der Waals surface area (Å²) in [4.78, 5) is 53.5. The number of carbonyl (C=O) groups is 2. The van der Waals surface area contributed by atoms with Gasteiger partial charge in [0.25, 0.3) is 0 Å². The van der Waals surface area contributed by atoms with E-state index in [1.165, 1.54) is 39.3 Å². The van der Waals surface area contributed by atoms with Gasteiger partial charge in [-0.15, -0.1) is 11.8 Å². The number of ether oxygens (including phenoxy) is 2. The lowest BCUT2D eigenvalue weighted by Crippen LogP contribution is -2.31. The van der Waals surface area contributed by atoms with Crippen LogP contribution in [-0.4, -0.2) is 104 Å². The van der Waals surface area contributed by atoms with Crippen LogP contribution in [0.5, 0.6) is 0 Å². The standard InChI is InChI=1S/C16H24N6O5S.C16H24N6O4S/c1-16(2,3)27-14(23)6-5-10(8-17)19-12-7-13(28(4)26)21-15(20-12)11(9-18-21)22(24)25;1-16(2,3)26-14(23)6-5-10(8-17)19-12-7-13(27-4)21-15(20-12)11(9-18-21)22(24)25/h7,9-10H,5-6,8,17H2,1-4H3,(H,19,20);7,9-10H,5-6,8,17H2,1-4H3,(H,19,20)/t10-,28?;10-/m00/s1. The summed E-state index contributed by atoms with van der Waals surface area (Å²) in [6.07, 6.45) is 6.70. The summed E-state index contributed by atoms with van der Waals surface area (Å²) in [6.45, 7) is 11.3. The minimum Gasteiger partial charge on any atom is -0.460 e. The number of esters is 2. The van der Waals surface area contributed by atoms with Gasteiger partial charge in [-0.25, -0.2) is 14.5 Å². The Morgan fingerprint density at radius 3 is 1.64 bits per heavy atom. The van der Waals surface area contributed by atoms with Gasteiger partial charge in [-0.3, -0.25) is 34.0 Å². The van der Waals surface area contributed by atoms with Crippen molar-refractivity contribution in [2.75, 3.05) is 36.2 Å².